The maximum atomic E-state index is 11.9. The Balaban J connectivity index is 1.90. The summed E-state index contributed by atoms with van der Waals surface area (Å²) in [4.78, 5) is 19.8. The largest absolute Gasteiger partial charge is 0.352 e. The van der Waals surface area contributed by atoms with Gasteiger partial charge in [-0.15, -0.1) is 0 Å². The first-order chi connectivity index (χ1) is 9.70. The molecule has 104 valence electrons. The number of pyridine rings is 2. The number of carbonyl (C=O) groups excluding carboxylic acids is 1. The topological polar surface area (TPSA) is 92.9 Å². The Kier molecular flexibility index (Phi) is 4.86. The van der Waals surface area contributed by atoms with Gasteiger partial charge in [-0.3, -0.25) is 9.78 Å². The van der Waals surface area contributed by atoms with Gasteiger partial charge in [-0.05, 0) is 30.2 Å². The highest BCUT2D eigenvalue weighted by atomic mass is 35.5. The second-order valence-electron chi connectivity index (χ2n) is 4.06. The molecule has 0 aliphatic rings. The SMILES string of the molecule is NNc1ncc(C(=O)NCCc2ccncc2)cc1Cl. The monoisotopic (exact) mass is 291 g/mol. The van der Waals surface area contributed by atoms with Crippen LogP contribution in [0.5, 0.6) is 0 Å². The molecule has 6 nitrogen and oxygen atoms in total. The Bertz CT molecular complexity index is 591. The van der Waals surface area contributed by atoms with Gasteiger partial charge in [0.25, 0.3) is 5.91 Å². The number of hydrogen-bond donors (Lipinski definition) is 3. The van der Waals surface area contributed by atoms with Crippen molar-refractivity contribution in [2.45, 2.75) is 6.42 Å². The molecule has 4 N–H and O–H groups in total. The predicted molar refractivity (Wildman–Crippen MR) is 77.3 cm³/mol. The van der Waals surface area contributed by atoms with Crippen molar-refractivity contribution in [1.82, 2.24) is 15.3 Å². The molecule has 0 spiro atoms. The van der Waals surface area contributed by atoms with Gasteiger partial charge in [0.1, 0.15) is 0 Å². The number of nitrogens with one attached hydrogen (secondary N) is 2. The van der Waals surface area contributed by atoms with E-state index >= 15 is 0 Å². The molecule has 2 rings (SSSR count). The van der Waals surface area contributed by atoms with E-state index in [-0.39, 0.29) is 5.91 Å². The van der Waals surface area contributed by atoms with E-state index in [1.165, 1.54) is 12.3 Å². The fourth-order valence-corrected chi connectivity index (χ4v) is 1.86. The summed E-state index contributed by atoms with van der Waals surface area (Å²) < 4.78 is 0. The summed E-state index contributed by atoms with van der Waals surface area (Å²) in [6, 6.07) is 5.34. The normalized spacial score (nSPS) is 10.1. The fraction of sp³-hybridized carbons (Fsp3) is 0.154. The van der Waals surface area contributed by atoms with Crippen LogP contribution in [0.2, 0.25) is 5.02 Å². The van der Waals surface area contributed by atoms with Crippen molar-refractivity contribution in [1.29, 1.82) is 0 Å². The van der Waals surface area contributed by atoms with Crippen LogP contribution >= 0.6 is 11.6 Å². The third-order valence-electron chi connectivity index (χ3n) is 2.69. The molecule has 0 saturated heterocycles. The van der Waals surface area contributed by atoms with E-state index in [9.17, 15) is 4.79 Å². The van der Waals surface area contributed by atoms with Crippen molar-refractivity contribution >= 4 is 23.3 Å². The summed E-state index contributed by atoms with van der Waals surface area (Å²) in [5, 5.41) is 3.10. The van der Waals surface area contributed by atoms with Crippen molar-refractivity contribution in [3.63, 3.8) is 0 Å². The summed E-state index contributed by atoms with van der Waals surface area (Å²) in [5.74, 6) is 5.33. The number of nitrogens with two attached hydrogens (primary N) is 1. The van der Waals surface area contributed by atoms with Gasteiger partial charge in [0.15, 0.2) is 5.82 Å². The first-order valence-electron chi connectivity index (χ1n) is 6.00. The molecule has 0 radical (unpaired) electrons. The standard InChI is InChI=1S/C13H14ClN5O/c14-11-7-10(8-18-12(11)19-15)13(20)17-6-3-9-1-4-16-5-2-9/h1-2,4-5,7-8H,3,6,15H2,(H,17,20)(H,18,19). The minimum absolute atomic E-state index is 0.225. The molecule has 0 saturated carbocycles. The van der Waals surface area contributed by atoms with Gasteiger partial charge in [-0.25, -0.2) is 10.8 Å². The van der Waals surface area contributed by atoms with Crippen LogP contribution in [-0.4, -0.2) is 22.4 Å². The molecule has 0 atom stereocenters. The summed E-state index contributed by atoms with van der Waals surface area (Å²) in [5.41, 5.74) is 3.85. The fourth-order valence-electron chi connectivity index (χ4n) is 1.64. The van der Waals surface area contributed by atoms with E-state index in [0.717, 1.165) is 12.0 Å². The van der Waals surface area contributed by atoms with E-state index in [1.54, 1.807) is 12.4 Å². The Labute approximate surface area is 121 Å². The van der Waals surface area contributed by atoms with Gasteiger partial charge in [0.05, 0.1) is 10.6 Å². The van der Waals surface area contributed by atoms with Crippen LogP contribution in [0, 0.1) is 0 Å². The molecule has 0 fully saturated rings. The number of nitrogens with zero attached hydrogens (tertiary/aromatic N) is 2. The average molecular weight is 292 g/mol. The molecular formula is C13H14ClN5O. The second kappa shape index (κ2) is 6.83. The highest BCUT2D eigenvalue weighted by Crippen LogP contribution is 2.18. The van der Waals surface area contributed by atoms with Gasteiger partial charge < -0.3 is 10.7 Å². The Hall–Kier alpha value is -2.18. The number of rotatable bonds is 5. The van der Waals surface area contributed by atoms with Crippen molar-refractivity contribution in [2.75, 3.05) is 12.0 Å². The van der Waals surface area contributed by atoms with Crippen LogP contribution in [0.15, 0.2) is 36.8 Å². The van der Waals surface area contributed by atoms with Crippen LogP contribution in [0.1, 0.15) is 15.9 Å². The summed E-state index contributed by atoms with van der Waals surface area (Å²) in [6.45, 7) is 0.525. The second-order valence-corrected chi connectivity index (χ2v) is 4.47. The lowest BCUT2D eigenvalue weighted by Crippen LogP contribution is -2.26. The Morgan fingerprint density at radius 2 is 2.10 bits per heavy atom. The van der Waals surface area contributed by atoms with E-state index in [4.69, 9.17) is 17.4 Å². The van der Waals surface area contributed by atoms with Gasteiger partial charge in [-0.2, -0.15) is 0 Å². The molecule has 1 amide bonds. The maximum Gasteiger partial charge on any atom is 0.252 e. The van der Waals surface area contributed by atoms with E-state index < -0.39 is 0 Å². The van der Waals surface area contributed by atoms with E-state index in [0.29, 0.717) is 22.9 Å². The molecule has 2 aromatic heterocycles. The molecule has 0 aliphatic heterocycles. The molecular weight excluding hydrogens is 278 g/mol. The molecule has 2 heterocycles. The zero-order valence-corrected chi connectivity index (χ0v) is 11.4. The summed E-state index contributed by atoms with van der Waals surface area (Å²) in [6.07, 6.45) is 5.60. The van der Waals surface area contributed by atoms with E-state index in [1.807, 2.05) is 12.1 Å². The molecule has 0 unspecified atom stereocenters. The smallest absolute Gasteiger partial charge is 0.252 e. The number of halogens is 1. The van der Waals surface area contributed by atoms with Crippen LogP contribution in [0.3, 0.4) is 0 Å². The summed E-state index contributed by atoms with van der Waals surface area (Å²) >= 11 is 5.91. The lowest BCUT2D eigenvalue weighted by Gasteiger charge is -2.07. The maximum absolute atomic E-state index is 11.9. The first-order valence-corrected chi connectivity index (χ1v) is 6.38. The molecule has 0 aromatic carbocycles. The molecule has 0 aliphatic carbocycles. The van der Waals surface area contributed by atoms with Crippen molar-refractivity contribution in [3.05, 3.63) is 52.9 Å². The van der Waals surface area contributed by atoms with Crippen LogP contribution < -0.4 is 16.6 Å². The number of aromatic nitrogens is 2. The van der Waals surface area contributed by atoms with Gasteiger partial charge >= 0.3 is 0 Å². The van der Waals surface area contributed by atoms with Gasteiger partial charge in [0.2, 0.25) is 0 Å². The number of hydrogen-bond acceptors (Lipinski definition) is 5. The molecule has 20 heavy (non-hydrogen) atoms. The average Bonchev–Trinajstić information content (AvgIpc) is 2.48. The number of carbonyl (C=O) groups is 1. The van der Waals surface area contributed by atoms with Crippen molar-refractivity contribution in [2.24, 2.45) is 5.84 Å². The van der Waals surface area contributed by atoms with Crippen molar-refractivity contribution in [3.8, 4) is 0 Å². The molecule has 7 heteroatoms. The highest BCUT2D eigenvalue weighted by Gasteiger charge is 2.09. The summed E-state index contributed by atoms with van der Waals surface area (Å²) in [7, 11) is 0. The molecule has 2 aromatic rings. The minimum atomic E-state index is -0.225. The third kappa shape index (κ3) is 3.66. The highest BCUT2D eigenvalue weighted by molar-refractivity contribution is 6.33. The number of hydrazine groups is 1. The lowest BCUT2D eigenvalue weighted by molar-refractivity contribution is 0.0954. The van der Waals surface area contributed by atoms with Crippen molar-refractivity contribution < 1.29 is 4.79 Å². The predicted octanol–water partition coefficient (Wildman–Crippen LogP) is 1.39. The Morgan fingerprint density at radius 1 is 1.35 bits per heavy atom. The van der Waals surface area contributed by atoms with E-state index in [2.05, 4.69) is 20.7 Å². The number of nitrogen functional groups attached to an aromatic ring is 1. The lowest BCUT2D eigenvalue weighted by atomic mass is 10.2. The Morgan fingerprint density at radius 3 is 2.75 bits per heavy atom. The first kappa shape index (κ1) is 14.2. The van der Waals surface area contributed by atoms with Crippen LogP contribution in [-0.2, 0) is 6.42 Å². The zero-order valence-electron chi connectivity index (χ0n) is 10.6. The van der Waals surface area contributed by atoms with Crippen LogP contribution in [0.25, 0.3) is 0 Å². The van der Waals surface area contributed by atoms with Gasteiger partial charge in [-0.1, -0.05) is 11.6 Å². The third-order valence-corrected chi connectivity index (χ3v) is 2.98. The zero-order chi connectivity index (χ0) is 14.4. The number of anilines is 1. The molecule has 0 bridgehead atoms. The quantitative estimate of drug-likeness (QED) is 0.572. The van der Waals surface area contributed by atoms with Crippen LogP contribution in [0.4, 0.5) is 5.82 Å². The minimum Gasteiger partial charge on any atom is -0.352 e. The van der Waals surface area contributed by atoms with Gasteiger partial charge in [0, 0.05) is 25.1 Å². The number of amides is 1.